The highest BCUT2D eigenvalue weighted by Crippen LogP contribution is 2.57. The smallest absolute Gasteiger partial charge is 0.142 e. The van der Waals surface area contributed by atoms with Crippen molar-refractivity contribution in [1.82, 2.24) is 0 Å². The fourth-order valence-electron chi connectivity index (χ4n) is 5.22. The van der Waals surface area contributed by atoms with E-state index in [1.807, 2.05) is 0 Å². The standard InChI is InChI=1S/C18H30O2/c1-2-3-4-14-5-7-15(8-6-14)18-11-9-17(20,10-12-18)13-16(18)19/h14-15,20H,2-13H2,1H3/t14?,15?,17-,18+. The maximum atomic E-state index is 12.6. The Balaban J connectivity index is 1.61. The summed E-state index contributed by atoms with van der Waals surface area (Å²) in [5.41, 5.74) is -0.655. The lowest BCUT2D eigenvalue weighted by Crippen LogP contribution is -2.55. The van der Waals surface area contributed by atoms with Crippen molar-refractivity contribution in [3.05, 3.63) is 0 Å². The molecule has 1 N–H and O–H groups in total. The average Bonchev–Trinajstić information content (AvgIpc) is 2.46. The largest absolute Gasteiger partial charge is 0.389 e. The number of carbonyl (C=O) groups excluding carboxylic acids is 1. The van der Waals surface area contributed by atoms with E-state index < -0.39 is 5.60 Å². The Bertz CT molecular complexity index is 358. The number of fused-ring (bicyclic) bond motifs is 3. The molecule has 0 radical (unpaired) electrons. The van der Waals surface area contributed by atoms with Gasteiger partial charge >= 0.3 is 0 Å². The highest BCUT2D eigenvalue weighted by atomic mass is 16.3. The van der Waals surface area contributed by atoms with Gasteiger partial charge in [0.25, 0.3) is 0 Å². The first-order chi connectivity index (χ1) is 9.58. The zero-order valence-corrected chi connectivity index (χ0v) is 13.0. The van der Waals surface area contributed by atoms with E-state index in [1.54, 1.807) is 0 Å². The lowest BCUT2D eigenvalue weighted by atomic mass is 9.51. The van der Waals surface area contributed by atoms with Crippen LogP contribution in [0.3, 0.4) is 0 Å². The van der Waals surface area contributed by atoms with Crippen molar-refractivity contribution in [1.29, 1.82) is 0 Å². The van der Waals surface area contributed by atoms with Crippen LogP contribution in [0.25, 0.3) is 0 Å². The molecule has 4 fully saturated rings. The van der Waals surface area contributed by atoms with Gasteiger partial charge in [0.2, 0.25) is 0 Å². The molecule has 0 saturated heterocycles. The predicted molar refractivity (Wildman–Crippen MR) is 80.4 cm³/mol. The summed E-state index contributed by atoms with van der Waals surface area (Å²) in [6.45, 7) is 2.27. The van der Waals surface area contributed by atoms with Gasteiger partial charge in [0.05, 0.1) is 5.60 Å². The molecule has 0 aliphatic heterocycles. The van der Waals surface area contributed by atoms with Crippen LogP contribution in [-0.2, 0) is 4.79 Å². The van der Waals surface area contributed by atoms with E-state index in [0.29, 0.717) is 18.1 Å². The van der Waals surface area contributed by atoms with Gasteiger partial charge in [-0.3, -0.25) is 4.79 Å². The summed E-state index contributed by atoms with van der Waals surface area (Å²) >= 11 is 0. The lowest BCUT2D eigenvalue weighted by molar-refractivity contribution is -0.162. The minimum atomic E-state index is -0.628. The summed E-state index contributed by atoms with van der Waals surface area (Å²) in [7, 11) is 0. The summed E-state index contributed by atoms with van der Waals surface area (Å²) < 4.78 is 0. The van der Waals surface area contributed by atoms with Crippen molar-refractivity contribution in [2.24, 2.45) is 17.3 Å². The van der Waals surface area contributed by atoms with Crippen molar-refractivity contribution >= 4 is 5.78 Å². The third-order valence-electron chi connectivity index (χ3n) is 6.71. The van der Waals surface area contributed by atoms with Crippen molar-refractivity contribution in [2.45, 2.75) is 89.6 Å². The van der Waals surface area contributed by atoms with Crippen LogP contribution in [-0.4, -0.2) is 16.5 Å². The molecule has 20 heavy (non-hydrogen) atoms. The highest BCUT2D eigenvalue weighted by Gasteiger charge is 2.56. The molecule has 0 unspecified atom stereocenters. The molecular weight excluding hydrogens is 248 g/mol. The van der Waals surface area contributed by atoms with Gasteiger partial charge < -0.3 is 5.11 Å². The minimum absolute atomic E-state index is 0.0276. The number of hydrogen-bond acceptors (Lipinski definition) is 2. The molecule has 114 valence electrons. The number of rotatable bonds is 4. The van der Waals surface area contributed by atoms with Crippen LogP contribution < -0.4 is 0 Å². The Morgan fingerprint density at radius 1 is 1.10 bits per heavy atom. The Morgan fingerprint density at radius 2 is 1.75 bits per heavy atom. The Kier molecular flexibility index (Phi) is 3.96. The monoisotopic (exact) mass is 278 g/mol. The van der Waals surface area contributed by atoms with Crippen LogP contribution in [0, 0.1) is 17.3 Å². The van der Waals surface area contributed by atoms with Crippen LogP contribution in [0.4, 0.5) is 0 Å². The maximum absolute atomic E-state index is 12.6. The van der Waals surface area contributed by atoms with Crippen LogP contribution in [0.5, 0.6) is 0 Å². The molecule has 4 rings (SSSR count). The second kappa shape index (κ2) is 5.44. The van der Waals surface area contributed by atoms with Crippen molar-refractivity contribution < 1.29 is 9.90 Å². The summed E-state index contributed by atoms with van der Waals surface area (Å²) in [5.74, 6) is 1.94. The molecule has 0 heterocycles. The molecule has 0 aromatic carbocycles. The summed E-state index contributed by atoms with van der Waals surface area (Å²) in [4.78, 5) is 12.6. The molecule has 2 nitrogen and oxygen atoms in total. The number of aliphatic hydroxyl groups is 1. The van der Waals surface area contributed by atoms with Crippen molar-refractivity contribution in [3.8, 4) is 0 Å². The van der Waals surface area contributed by atoms with Gasteiger partial charge in [-0.2, -0.15) is 0 Å². The van der Waals surface area contributed by atoms with Gasteiger partial charge in [-0.15, -0.1) is 0 Å². The van der Waals surface area contributed by atoms with Gasteiger partial charge in [-0.1, -0.05) is 39.0 Å². The van der Waals surface area contributed by atoms with E-state index in [4.69, 9.17) is 0 Å². The number of Topliss-reactive ketones (excluding diaryl/α,β-unsaturated/α-hetero) is 1. The molecule has 0 aromatic rings. The zero-order valence-electron chi connectivity index (χ0n) is 13.0. The molecule has 0 amide bonds. The Morgan fingerprint density at radius 3 is 2.30 bits per heavy atom. The first-order valence-electron chi connectivity index (χ1n) is 8.84. The third kappa shape index (κ3) is 2.45. The van der Waals surface area contributed by atoms with Gasteiger partial charge in [0.15, 0.2) is 0 Å². The van der Waals surface area contributed by atoms with Crippen molar-refractivity contribution in [2.75, 3.05) is 0 Å². The molecule has 0 spiro atoms. The van der Waals surface area contributed by atoms with Crippen LogP contribution in [0.15, 0.2) is 0 Å². The maximum Gasteiger partial charge on any atom is 0.142 e. The number of unbranched alkanes of at least 4 members (excludes halogenated alkanes) is 1. The molecule has 4 aliphatic rings. The lowest BCUT2D eigenvalue weighted by Gasteiger charge is -2.54. The van der Waals surface area contributed by atoms with Gasteiger partial charge in [0, 0.05) is 11.8 Å². The molecular formula is C18H30O2. The zero-order chi connectivity index (χ0) is 14.2. The normalized spacial score (nSPS) is 44.8. The Hall–Kier alpha value is -0.370. The molecule has 4 saturated carbocycles. The molecule has 2 bridgehead atoms. The SMILES string of the molecule is CCCCC1CCC([C@]23CC[C@@](O)(CC2)CC3=O)CC1. The minimum Gasteiger partial charge on any atom is -0.389 e. The first-order valence-corrected chi connectivity index (χ1v) is 8.84. The summed E-state index contributed by atoms with van der Waals surface area (Å²) in [6, 6.07) is 0. The third-order valence-corrected chi connectivity index (χ3v) is 6.71. The molecule has 0 atom stereocenters. The van der Waals surface area contributed by atoms with E-state index >= 15 is 0 Å². The molecule has 0 aromatic heterocycles. The van der Waals surface area contributed by atoms with Crippen LogP contribution in [0.1, 0.15) is 84.0 Å². The number of ketones is 1. The number of hydrogen-bond donors (Lipinski definition) is 1. The predicted octanol–water partition coefficient (Wildman–Crippen LogP) is 4.25. The van der Waals surface area contributed by atoms with Gasteiger partial charge in [0.1, 0.15) is 5.78 Å². The average molecular weight is 278 g/mol. The Labute approximate surface area is 123 Å². The topological polar surface area (TPSA) is 37.3 Å². The highest BCUT2D eigenvalue weighted by molar-refractivity contribution is 5.88. The summed E-state index contributed by atoms with van der Waals surface area (Å²) in [5, 5.41) is 10.3. The van der Waals surface area contributed by atoms with Gasteiger partial charge in [-0.25, -0.2) is 0 Å². The fourth-order valence-corrected chi connectivity index (χ4v) is 5.22. The molecule has 2 heteroatoms. The van der Waals surface area contributed by atoms with E-state index in [9.17, 15) is 9.90 Å². The fraction of sp³-hybridized carbons (Fsp3) is 0.944. The van der Waals surface area contributed by atoms with E-state index in [1.165, 1.54) is 44.9 Å². The van der Waals surface area contributed by atoms with Crippen LogP contribution in [0.2, 0.25) is 0 Å². The first kappa shape index (κ1) is 14.6. The van der Waals surface area contributed by atoms with Crippen molar-refractivity contribution in [3.63, 3.8) is 0 Å². The molecule has 4 aliphatic carbocycles. The van der Waals surface area contributed by atoms with Crippen LogP contribution >= 0.6 is 0 Å². The van der Waals surface area contributed by atoms with E-state index in [2.05, 4.69) is 6.92 Å². The summed E-state index contributed by atoms with van der Waals surface area (Å²) in [6.07, 6.45) is 13.4. The van der Waals surface area contributed by atoms with E-state index in [0.717, 1.165) is 31.6 Å². The van der Waals surface area contributed by atoms with Gasteiger partial charge in [-0.05, 0) is 50.4 Å². The number of carbonyl (C=O) groups is 1. The second-order valence-electron chi connectivity index (χ2n) is 7.84. The second-order valence-corrected chi connectivity index (χ2v) is 7.84. The quantitative estimate of drug-likeness (QED) is 0.835. The van der Waals surface area contributed by atoms with E-state index in [-0.39, 0.29) is 5.41 Å².